The maximum atomic E-state index is 11.8. The first-order valence-electron chi connectivity index (χ1n) is 4.52. The smallest absolute Gasteiger partial charge is 0.257 e. The molecule has 4 nitrogen and oxygen atoms in total. The number of aromatic nitrogens is 2. The van der Waals surface area contributed by atoms with E-state index in [0.29, 0.717) is 10.7 Å². The molecule has 0 aliphatic carbocycles. The van der Waals surface area contributed by atoms with E-state index in [-0.39, 0.29) is 5.91 Å². The van der Waals surface area contributed by atoms with Gasteiger partial charge in [-0.1, -0.05) is 17.4 Å². The highest BCUT2D eigenvalue weighted by molar-refractivity contribution is 14.1. The second-order valence-electron chi connectivity index (χ2n) is 3.09. The number of hydrogen-bond acceptors (Lipinski definition) is 4. The molecule has 1 N–H and O–H groups in total. The number of hydrogen-bond donors (Lipinski definition) is 1. The Kier molecular flexibility index (Phi) is 3.49. The lowest BCUT2D eigenvalue weighted by molar-refractivity contribution is 0.102. The minimum absolute atomic E-state index is 0.158. The molecule has 1 amide bonds. The number of nitrogens with one attached hydrogen (secondary N) is 1. The van der Waals surface area contributed by atoms with E-state index >= 15 is 0 Å². The van der Waals surface area contributed by atoms with E-state index in [9.17, 15) is 4.79 Å². The van der Waals surface area contributed by atoms with E-state index in [4.69, 9.17) is 0 Å². The van der Waals surface area contributed by atoms with E-state index in [2.05, 4.69) is 38.1 Å². The predicted octanol–water partition coefficient (Wildman–Crippen LogP) is 2.70. The van der Waals surface area contributed by atoms with Crippen LogP contribution >= 0.6 is 33.9 Å². The summed E-state index contributed by atoms with van der Waals surface area (Å²) in [6.45, 7) is 1.85. The fraction of sp³-hybridized carbons (Fsp3) is 0.100. The van der Waals surface area contributed by atoms with Gasteiger partial charge in [0.2, 0.25) is 5.13 Å². The average molecular weight is 345 g/mol. The number of rotatable bonds is 2. The molecule has 0 bridgehead atoms. The summed E-state index contributed by atoms with van der Waals surface area (Å²) in [5.74, 6) is -0.158. The van der Waals surface area contributed by atoms with Crippen LogP contribution in [-0.2, 0) is 0 Å². The van der Waals surface area contributed by atoms with Crippen LogP contribution < -0.4 is 5.32 Å². The van der Waals surface area contributed by atoms with Gasteiger partial charge in [-0.05, 0) is 47.7 Å². The van der Waals surface area contributed by atoms with Crippen molar-refractivity contribution in [3.63, 3.8) is 0 Å². The zero-order valence-electron chi connectivity index (χ0n) is 8.40. The van der Waals surface area contributed by atoms with Crippen LogP contribution in [0.5, 0.6) is 0 Å². The Balaban J connectivity index is 2.14. The Labute approximate surface area is 110 Å². The molecule has 16 heavy (non-hydrogen) atoms. The molecule has 0 spiro atoms. The lowest BCUT2D eigenvalue weighted by Gasteiger charge is -2.00. The van der Waals surface area contributed by atoms with Crippen molar-refractivity contribution >= 4 is 45.0 Å². The second kappa shape index (κ2) is 4.88. The van der Waals surface area contributed by atoms with Crippen molar-refractivity contribution in [3.8, 4) is 0 Å². The number of halogens is 1. The zero-order valence-corrected chi connectivity index (χ0v) is 11.4. The van der Waals surface area contributed by atoms with Gasteiger partial charge in [0.25, 0.3) is 5.91 Å². The standard InChI is InChI=1S/C10H8IN3OS/c1-6-13-14-10(16-6)12-9(15)7-3-2-4-8(11)5-7/h2-5H,1H3,(H,12,14,15). The van der Waals surface area contributed by atoms with Crippen LogP contribution in [0.2, 0.25) is 0 Å². The molecule has 1 heterocycles. The van der Waals surface area contributed by atoms with E-state index in [1.807, 2.05) is 25.1 Å². The summed E-state index contributed by atoms with van der Waals surface area (Å²) in [7, 11) is 0. The highest BCUT2D eigenvalue weighted by atomic mass is 127. The predicted molar refractivity (Wildman–Crippen MR) is 71.8 cm³/mol. The third-order valence-corrected chi connectivity index (χ3v) is 3.26. The van der Waals surface area contributed by atoms with Gasteiger partial charge in [-0.15, -0.1) is 10.2 Å². The molecule has 1 aromatic carbocycles. The number of amides is 1. The van der Waals surface area contributed by atoms with Crippen LogP contribution in [0.3, 0.4) is 0 Å². The molecular weight excluding hydrogens is 337 g/mol. The lowest BCUT2D eigenvalue weighted by Crippen LogP contribution is -2.11. The van der Waals surface area contributed by atoms with Crippen molar-refractivity contribution in [3.05, 3.63) is 38.4 Å². The van der Waals surface area contributed by atoms with Crippen LogP contribution in [0.15, 0.2) is 24.3 Å². The van der Waals surface area contributed by atoms with Gasteiger partial charge in [-0.2, -0.15) is 0 Å². The molecular formula is C10H8IN3OS. The topological polar surface area (TPSA) is 54.9 Å². The summed E-state index contributed by atoms with van der Waals surface area (Å²) in [5.41, 5.74) is 0.625. The third-order valence-electron chi connectivity index (χ3n) is 1.83. The van der Waals surface area contributed by atoms with Gasteiger partial charge in [0.1, 0.15) is 5.01 Å². The summed E-state index contributed by atoms with van der Waals surface area (Å²) < 4.78 is 1.03. The summed E-state index contributed by atoms with van der Waals surface area (Å²) in [6, 6.07) is 7.38. The van der Waals surface area contributed by atoms with Gasteiger partial charge < -0.3 is 0 Å². The Morgan fingerprint density at radius 2 is 2.25 bits per heavy atom. The monoisotopic (exact) mass is 345 g/mol. The minimum atomic E-state index is -0.158. The SMILES string of the molecule is Cc1nnc(NC(=O)c2cccc(I)c2)s1. The summed E-state index contributed by atoms with van der Waals surface area (Å²) >= 11 is 3.53. The van der Waals surface area contributed by atoms with E-state index in [1.165, 1.54) is 11.3 Å². The van der Waals surface area contributed by atoms with Gasteiger partial charge in [-0.25, -0.2) is 0 Å². The van der Waals surface area contributed by atoms with Crippen LogP contribution in [-0.4, -0.2) is 16.1 Å². The highest BCUT2D eigenvalue weighted by Gasteiger charge is 2.08. The molecule has 0 aliphatic rings. The van der Waals surface area contributed by atoms with Crippen LogP contribution in [0.4, 0.5) is 5.13 Å². The van der Waals surface area contributed by atoms with E-state index in [0.717, 1.165) is 8.58 Å². The minimum Gasteiger partial charge on any atom is -0.296 e. The maximum Gasteiger partial charge on any atom is 0.257 e. The second-order valence-corrected chi connectivity index (χ2v) is 5.52. The molecule has 0 unspecified atom stereocenters. The zero-order chi connectivity index (χ0) is 11.5. The van der Waals surface area contributed by atoms with Crippen molar-refractivity contribution in [1.29, 1.82) is 0 Å². The first-order chi connectivity index (χ1) is 7.65. The van der Waals surface area contributed by atoms with Crippen molar-refractivity contribution in [1.82, 2.24) is 10.2 Å². The summed E-state index contributed by atoms with van der Waals surface area (Å²) in [5, 5.41) is 11.7. The number of nitrogens with zero attached hydrogens (tertiary/aromatic N) is 2. The van der Waals surface area contributed by atoms with Crippen molar-refractivity contribution in [2.75, 3.05) is 5.32 Å². The molecule has 0 atom stereocenters. The van der Waals surface area contributed by atoms with Gasteiger partial charge in [0.05, 0.1) is 0 Å². The Bertz CT molecular complexity index is 526. The fourth-order valence-corrected chi connectivity index (χ4v) is 2.28. The van der Waals surface area contributed by atoms with Gasteiger partial charge in [0, 0.05) is 9.13 Å². The normalized spacial score (nSPS) is 10.1. The van der Waals surface area contributed by atoms with Crippen LogP contribution in [0.25, 0.3) is 0 Å². The molecule has 2 rings (SSSR count). The maximum absolute atomic E-state index is 11.8. The first-order valence-corrected chi connectivity index (χ1v) is 6.42. The molecule has 0 aliphatic heterocycles. The number of benzene rings is 1. The Hall–Kier alpha value is -1.02. The lowest BCUT2D eigenvalue weighted by atomic mass is 10.2. The molecule has 0 fully saturated rings. The van der Waals surface area contributed by atoms with Crippen molar-refractivity contribution < 1.29 is 4.79 Å². The van der Waals surface area contributed by atoms with Crippen LogP contribution in [0.1, 0.15) is 15.4 Å². The molecule has 2 aromatic rings. The number of aryl methyl sites for hydroxylation is 1. The Morgan fingerprint density at radius 3 is 2.88 bits per heavy atom. The van der Waals surface area contributed by atoms with Gasteiger partial charge >= 0.3 is 0 Å². The first kappa shape index (κ1) is 11.5. The molecule has 6 heteroatoms. The van der Waals surface area contributed by atoms with Crippen molar-refractivity contribution in [2.24, 2.45) is 0 Å². The Morgan fingerprint density at radius 1 is 1.44 bits per heavy atom. The molecule has 0 saturated carbocycles. The number of carbonyl (C=O) groups excluding carboxylic acids is 1. The van der Waals surface area contributed by atoms with E-state index < -0.39 is 0 Å². The summed E-state index contributed by atoms with van der Waals surface area (Å²) in [4.78, 5) is 11.8. The van der Waals surface area contributed by atoms with Gasteiger partial charge in [-0.3, -0.25) is 10.1 Å². The highest BCUT2D eigenvalue weighted by Crippen LogP contribution is 2.15. The third kappa shape index (κ3) is 2.76. The summed E-state index contributed by atoms with van der Waals surface area (Å²) in [6.07, 6.45) is 0. The molecule has 0 radical (unpaired) electrons. The quantitative estimate of drug-likeness (QED) is 0.852. The van der Waals surface area contributed by atoms with E-state index in [1.54, 1.807) is 6.07 Å². The number of anilines is 1. The molecule has 82 valence electrons. The largest absolute Gasteiger partial charge is 0.296 e. The van der Waals surface area contributed by atoms with Crippen LogP contribution in [0, 0.1) is 10.5 Å². The molecule has 0 saturated heterocycles. The fourth-order valence-electron chi connectivity index (χ4n) is 1.15. The average Bonchev–Trinajstić information content (AvgIpc) is 2.64. The number of carbonyl (C=O) groups is 1. The molecule has 1 aromatic heterocycles. The van der Waals surface area contributed by atoms with Gasteiger partial charge in [0.15, 0.2) is 0 Å². The van der Waals surface area contributed by atoms with Crippen molar-refractivity contribution in [2.45, 2.75) is 6.92 Å².